The largest absolute Gasteiger partial charge is 0.353 e. The Bertz CT molecular complexity index is 233. The molecule has 0 aromatic heterocycles. The van der Waals surface area contributed by atoms with Gasteiger partial charge < -0.3 is 16.0 Å². The minimum atomic E-state index is -0.596. The molecular formula is C13H27N3O. The average molecular weight is 241 g/mol. The van der Waals surface area contributed by atoms with Gasteiger partial charge in [-0.05, 0) is 25.9 Å². The molecule has 1 amide bonds. The van der Waals surface area contributed by atoms with Crippen LogP contribution in [0.25, 0.3) is 0 Å². The fraction of sp³-hybridized carbons (Fsp3) is 0.923. The van der Waals surface area contributed by atoms with Crippen LogP contribution in [0.5, 0.6) is 0 Å². The molecule has 1 aliphatic carbocycles. The molecule has 0 saturated heterocycles. The van der Waals surface area contributed by atoms with E-state index >= 15 is 0 Å². The lowest BCUT2D eigenvalue weighted by atomic mass is 9.82. The Hall–Kier alpha value is -0.610. The normalized spacial score (nSPS) is 19.3. The smallest absolute Gasteiger partial charge is 0.240 e. The molecule has 100 valence electrons. The zero-order valence-electron chi connectivity index (χ0n) is 11.3. The van der Waals surface area contributed by atoms with Crippen LogP contribution in [0.15, 0.2) is 0 Å². The topological polar surface area (TPSA) is 58.4 Å². The van der Waals surface area contributed by atoms with E-state index in [4.69, 9.17) is 5.73 Å². The first-order valence-corrected chi connectivity index (χ1v) is 6.92. The van der Waals surface area contributed by atoms with Gasteiger partial charge >= 0.3 is 0 Å². The van der Waals surface area contributed by atoms with Crippen molar-refractivity contribution in [2.45, 2.75) is 51.5 Å². The first kappa shape index (κ1) is 14.5. The Labute approximate surface area is 105 Å². The molecule has 4 heteroatoms. The molecule has 4 nitrogen and oxygen atoms in total. The summed E-state index contributed by atoms with van der Waals surface area (Å²) >= 11 is 0. The van der Waals surface area contributed by atoms with Gasteiger partial charge in [0.05, 0.1) is 5.54 Å². The van der Waals surface area contributed by atoms with Gasteiger partial charge in [-0.1, -0.05) is 33.1 Å². The summed E-state index contributed by atoms with van der Waals surface area (Å²) in [6.45, 7) is 7.95. The minimum absolute atomic E-state index is 0.0457. The van der Waals surface area contributed by atoms with Crippen molar-refractivity contribution >= 4 is 5.91 Å². The van der Waals surface area contributed by atoms with Crippen molar-refractivity contribution in [2.75, 3.05) is 26.2 Å². The zero-order valence-corrected chi connectivity index (χ0v) is 11.3. The first-order chi connectivity index (χ1) is 8.12. The van der Waals surface area contributed by atoms with E-state index < -0.39 is 5.54 Å². The third-order valence-electron chi connectivity index (χ3n) is 3.81. The van der Waals surface area contributed by atoms with Crippen LogP contribution >= 0.6 is 0 Å². The fourth-order valence-electron chi connectivity index (χ4n) is 2.45. The maximum atomic E-state index is 12.0. The van der Waals surface area contributed by atoms with Gasteiger partial charge in [0.2, 0.25) is 5.91 Å². The van der Waals surface area contributed by atoms with E-state index in [1.54, 1.807) is 0 Å². The van der Waals surface area contributed by atoms with Crippen LogP contribution in [0.3, 0.4) is 0 Å². The molecule has 0 unspecified atom stereocenters. The van der Waals surface area contributed by atoms with Crippen LogP contribution < -0.4 is 11.1 Å². The van der Waals surface area contributed by atoms with E-state index in [0.717, 1.165) is 45.3 Å². The van der Waals surface area contributed by atoms with Crippen molar-refractivity contribution in [1.29, 1.82) is 0 Å². The molecule has 0 aliphatic heterocycles. The van der Waals surface area contributed by atoms with Crippen LogP contribution in [-0.4, -0.2) is 42.5 Å². The SMILES string of the molecule is CCN(CC)CCNC(=O)C1(N)CCCCC1. The number of carbonyl (C=O) groups is 1. The maximum Gasteiger partial charge on any atom is 0.240 e. The summed E-state index contributed by atoms with van der Waals surface area (Å²) in [6.07, 6.45) is 5.06. The summed E-state index contributed by atoms with van der Waals surface area (Å²) in [5.41, 5.74) is 5.56. The van der Waals surface area contributed by atoms with Crippen LogP contribution in [-0.2, 0) is 4.79 Å². The average Bonchev–Trinajstić information content (AvgIpc) is 2.35. The monoisotopic (exact) mass is 241 g/mol. The summed E-state index contributed by atoms with van der Waals surface area (Å²) in [5, 5.41) is 2.99. The molecule has 1 aliphatic rings. The summed E-state index contributed by atoms with van der Waals surface area (Å²) < 4.78 is 0. The van der Waals surface area contributed by atoms with Crippen LogP contribution in [0.4, 0.5) is 0 Å². The molecule has 0 bridgehead atoms. The number of nitrogens with zero attached hydrogens (tertiary/aromatic N) is 1. The maximum absolute atomic E-state index is 12.0. The summed E-state index contributed by atoms with van der Waals surface area (Å²) in [6, 6.07) is 0. The van der Waals surface area contributed by atoms with Crippen molar-refractivity contribution in [3.63, 3.8) is 0 Å². The second-order valence-electron chi connectivity index (χ2n) is 5.00. The second-order valence-corrected chi connectivity index (χ2v) is 5.00. The highest BCUT2D eigenvalue weighted by Crippen LogP contribution is 2.25. The van der Waals surface area contributed by atoms with Gasteiger partial charge in [0.25, 0.3) is 0 Å². The zero-order chi connectivity index (χ0) is 12.7. The number of hydrogen-bond donors (Lipinski definition) is 2. The van der Waals surface area contributed by atoms with Crippen LogP contribution in [0.1, 0.15) is 46.0 Å². The first-order valence-electron chi connectivity index (χ1n) is 6.92. The van der Waals surface area contributed by atoms with E-state index in [-0.39, 0.29) is 5.91 Å². The molecule has 0 heterocycles. The Morgan fingerprint density at radius 3 is 2.35 bits per heavy atom. The molecule has 0 spiro atoms. The molecule has 1 fully saturated rings. The molecular weight excluding hydrogens is 214 g/mol. The number of nitrogens with two attached hydrogens (primary N) is 1. The van der Waals surface area contributed by atoms with Gasteiger partial charge in [-0.25, -0.2) is 0 Å². The van der Waals surface area contributed by atoms with Crippen molar-refractivity contribution < 1.29 is 4.79 Å². The molecule has 1 rings (SSSR count). The molecule has 0 aromatic carbocycles. The van der Waals surface area contributed by atoms with Crippen LogP contribution in [0.2, 0.25) is 0 Å². The van der Waals surface area contributed by atoms with Gasteiger partial charge in [-0.15, -0.1) is 0 Å². The Kier molecular flexibility index (Phi) is 5.92. The van der Waals surface area contributed by atoms with Crippen LogP contribution in [0, 0.1) is 0 Å². The van der Waals surface area contributed by atoms with Crippen molar-refractivity contribution in [3.8, 4) is 0 Å². The van der Waals surface area contributed by atoms with E-state index in [1.165, 1.54) is 6.42 Å². The summed E-state index contributed by atoms with van der Waals surface area (Å²) in [4.78, 5) is 14.3. The van der Waals surface area contributed by atoms with Gasteiger partial charge in [0, 0.05) is 13.1 Å². The molecule has 1 saturated carbocycles. The number of likely N-dealkylation sites (N-methyl/N-ethyl adjacent to an activating group) is 1. The number of rotatable bonds is 6. The van der Waals surface area contributed by atoms with Crippen molar-refractivity contribution in [3.05, 3.63) is 0 Å². The van der Waals surface area contributed by atoms with Gasteiger partial charge in [0.15, 0.2) is 0 Å². The minimum Gasteiger partial charge on any atom is -0.353 e. The lowest BCUT2D eigenvalue weighted by Crippen LogP contribution is -2.55. The quantitative estimate of drug-likeness (QED) is 0.732. The number of hydrogen-bond acceptors (Lipinski definition) is 3. The van der Waals surface area contributed by atoms with Crippen molar-refractivity contribution in [1.82, 2.24) is 10.2 Å². The van der Waals surface area contributed by atoms with Gasteiger partial charge in [0.1, 0.15) is 0 Å². The predicted octanol–water partition coefficient (Wildman–Crippen LogP) is 1.11. The highest BCUT2D eigenvalue weighted by atomic mass is 16.2. The molecule has 17 heavy (non-hydrogen) atoms. The number of nitrogens with one attached hydrogen (secondary N) is 1. The third kappa shape index (κ3) is 4.28. The number of carbonyl (C=O) groups excluding carboxylic acids is 1. The van der Waals surface area contributed by atoms with E-state index in [2.05, 4.69) is 24.1 Å². The molecule has 3 N–H and O–H groups in total. The predicted molar refractivity (Wildman–Crippen MR) is 70.8 cm³/mol. The standard InChI is InChI=1S/C13H27N3O/c1-3-16(4-2)11-10-15-12(17)13(14)8-6-5-7-9-13/h3-11,14H2,1-2H3,(H,15,17). The number of amides is 1. The summed E-state index contributed by atoms with van der Waals surface area (Å²) in [7, 11) is 0. The Morgan fingerprint density at radius 1 is 1.24 bits per heavy atom. The Balaban J connectivity index is 2.28. The van der Waals surface area contributed by atoms with Crippen molar-refractivity contribution in [2.24, 2.45) is 5.73 Å². The second kappa shape index (κ2) is 6.97. The molecule has 0 aromatic rings. The summed E-state index contributed by atoms with van der Waals surface area (Å²) in [5.74, 6) is 0.0457. The highest BCUT2D eigenvalue weighted by Gasteiger charge is 2.34. The highest BCUT2D eigenvalue weighted by molar-refractivity contribution is 5.86. The Morgan fingerprint density at radius 2 is 1.82 bits per heavy atom. The third-order valence-corrected chi connectivity index (χ3v) is 3.81. The lowest BCUT2D eigenvalue weighted by Gasteiger charge is -2.32. The lowest BCUT2D eigenvalue weighted by molar-refractivity contribution is -0.127. The van der Waals surface area contributed by atoms with E-state index in [0.29, 0.717) is 6.54 Å². The van der Waals surface area contributed by atoms with Gasteiger partial charge in [-0.3, -0.25) is 4.79 Å². The van der Waals surface area contributed by atoms with Gasteiger partial charge in [-0.2, -0.15) is 0 Å². The fourth-order valence-corrected chi connectivity index (χ4v) is 2.45. The van der Waals surface area contributed by atoms with E-state index in [1.807, 2.05) is 0 Å². The molecule has 0 radical (unpaired) electrons. The molecule has 0 atom stereocenters. The van der Waals surface area contributed by atoms with E-state index in [9.17, 15) is 4.79 Å².